The number of pyridine rings is 1. The summed E-state index contributed by atoms with van der Waals surface area (Å²) in [4.78, 5) is 11.0. The molecule has 0 amide bonds. The molecule has 0 aliphatic carbocycles. The van der Waals surface area contributed by atoms with E-state index in [0.29, 0.717) is 4.64 Å². The number of aryl methyl sites for hydroxylation is 1. The van der Waals surface area contributed by atoms with Crippen molar-refractivity contribution >= 4 is 12.2 Å². The molecule has 0 aliphatic rings. The van der Waals surface area contributed by atoms with E-state index in [1.807, 2.05) is 19.2 Å². The summed E-state index contributed by atoms with van der Waals surface area (Å²) < 4.78 is 0.703. The maximum Gasteiger partial charge on any atom is 0.113 e. The highest BCUT2D eigenvalue weighted by Crippen LogP contribution is 2.21. The fraction of sp³-hybridized carbons (Fsp3) is 0.100. The van der Waals surface area contributed by atoms with Gasteiger partial charge in [-0.15, -0.1) is 0 Å². The van der Waals surface area contributed by atoms with Crippen LogP contribution in [0.1, 0.15) is 5.56 Å². The molecule has 0 spiro atoms. The van der Waals surface area contributed by atoms with Crippen LogP contribution in [0.25, 0.3) is 11.1 Å². The van der Waals surface area contributed by atoms with Crippen molar-refractivity contribution in [3.8, 4) is 11.1 Å². The van der Waals surface area contributed by atoms with Crippen LogP contribution in [-0.2, 0) is 0 Å². The molecule has 0 radical (unpaired) electrons. The van der Waals surface area contributed by atoms with Gasteiger partial charge in [0, 0.05) is 24.2 Å². The van der Waals surface area contributed by atoms with Crippen molar-refractivity contribution in [2.75, 3.05) is 0 Å². The lowest BCUT2D eigenvalue weighted by Crippen LogP contribution is -1.88. The van der Waals surface area contributed by atoms with E-state index in [4.69, 9.17) is 12.2 Å². The van der Waals surface area contributed by atoms with E-state index < -0.39 is 0 Å². The van der Waals surface area contributed by atoms with Gasteiger partial charge in [0.05, 0.1) is 6.33 Å². The highest BCUT2D eigenvalue weighted by atomic mass is 32.1. The molecule has 0 bridgehead atoms. The topological polar surface area (TPSA) is 41.6 Å². The SMILES string of the molecule is Cc1cnccc1-c1cnc[nH]c1=S. The van der Waals surface area contributed by atoms with Gasteiger partial charge in [0.2, 0.25) is 0 Å². The summed E-state index contributed by atoms with van der Waals surface area (Å²) in [6.45, 7) is 2.00. The van der Waals surface area contributed by atoms with Crippen molar-refractivity contribution in [1.29, 1.82) is 0 Å². The van der Waals surface area contributed by atoms with Crippen molar-refractivity contribution in [3.63, 3.8) is 0 Å². The van der Waals surface area contributed by atoms with Gasteiger partial charge in [-0.05, 0) is 24.1 Å². The first-order valence-corrected chi connectivity index (χ1v) is 4.63. The zero-order chi connectivity index (χ0) is 9.97. The van der Waals surface area contributed by atoms with Crippen LogP contribution < -0.4 is 0 Å². The number of aromatic nitrogens is 3. The molecule has 3 nitrogen and oxygen atoms in total. The molecule has 0 aliphatic heterocycles. The predicted octanol–water partition coefficient (Wildman–Crippen LogP) is 2.51. The van der Waals surface area contributed by atoms with Gasteiger partial charge in [0.1, 0.15) is 4.64 Å². The molecule has 14 heavy (non-hydrogen) atoms. The van der Waals surface area contributed by atoms with E-state index in [0.717, 1.165) is 16.7 Å². The molecule has 0 saturated heterocycles. The molecule has 70 valence electrons. The fourth-order valence-electron chi connectivity index (χ4n) is 1.31. The van der Waals surface area contributed by atoms with Crippen molar-refractivity contribution in [2.45, 2.75) is 6.92 Å². The predicted molar refractivity (Wildman–Crippen MR) is 57.4 cm³/mol. The lowest BCUT2D eigenvalue weighted by Gasteiger charge is -2.03. The lowest BCUT2D eigenvalue weighted by atomic mass is 10.1. The van der Waals surface area contributed by atoms with Gasteiger partial charge in [-0.2, -0.15) is 0 Å². The second-order valence-electron chi connectivity index (χ2n) is 2.99. The van der Waals surface area contributed by atoms with Crippen molar-refractivity contribution in [1.82, 2.24) is 15.0 Å². The molecule has 0 fully saturated rings. The Morgan fingerprint density at radius 1 is 1.21 bits per heavy atom. The van der Waals surface area contributed by atoms with Crippen LogP contribution in [0.3, 0.4) is 0 Å². The van der Waals surface area contributed by atoms with Crippen LogP contribution in [0.2, 0.25) is 0 Å². The lowest BCUT2D eigenvalue weighted by molar-refractivity contribution is 1.15. The molecule has 0 unspecified atom stereocenters. The number of aromatic amines is 1. The van der Waals surface area contributed by atoms with Crippen molar-refractivity contribution < 1.29 is 0 Å². The zero-order valence-corrected chi connectivity index (χ0v) is 8.51. The highest BCUT2D eigenvalue weighted by molar-refractivity contribution is 7.71. The van der Waals surface area contributed by atoms with Gasteiger partial charge in [-0.3, -0.25) is 4.98 Å². The van der Waals surface area contributed by atoms with Crippen LogP contribution in [0.5, 0.6) is 0 Å². The van der Waals surface area contributed by atoms with Gasteiger partial charge >= 0.3 is 0 Å². The van der Waals surface area contributed by atoms with Crippen LogP contribution in [-0.4, -0.2) is 15.0 Å². The molecule has 2 aromatic rings. The Labute approximate surface area is 86.9 Å². The zero-order valence-electron chi connectivity index (χ0n) is 7.69. The number of hydrogen-bond donors (Lipinski definition) is 1. The number of nitrogens with zero attached hydrogens (tertiary/aromatic N) is 2. The summed E-state index contributed by atoms with van der Waals surface area (Å²) in [7, 11) is 0. The number of hydrogen-bond acceptors (Lipinski definition) is 3. The Morgan fingerprint density at radius 3 is 2.79 bits per heavy atom. The number of rotatable bonds is 1. The van der Waals surface area contributed by atoms with Gasteiger partial charge in [0.25, 0.3) is 0 Å². The Kier molecular flexibility index (Phi) is 2.37. The second-order valence-corrected chi connectivity index (χ2v) is 3.39. The summed E-state index contributed by atoms with van der Waals surface area (Å²) in [5.74, 6) is 0. The summed E-state index contributed by atoms with van der Waals surface area (Å²) in [5, 5.41) is 0. The number of nitrogens with one attached hydrogen (secondary N) is 1. The molecule has 2 aromatic heterocycles. The third-order valence-electron chi connectivity index (χ3n) is 2.03. The Hall–Kier alpha value is -1.55. The Morgan fingerprint density at radius 2 is 2.07 bits per heavy atom. The molecule has 2 rings (SSSR count). The van der Waals surface area contributed by atoms with Crippen molar-refractivity contribution in [3.05, 3.63) is 41.2 Å². The average molecular weight is 203 g/mol. The first-order valence-electron chi connectivity index (χ1n) is 4.22. The van der Waals surface area contributed by atoms with Crippen LogP contribution in [0, 0.1) is 11.6 Å². The third kappa shape index (κ3) is 1.56. The highest BCUT2D eigenvalue weighted by Gasteiger charge is 2.02. The molecule has 1 N–H and O–H groups in total. The van der Waals surface area contributed by atoms with Crippen molar-refractivity contribution in [2.24, 2.45) is 0 Å². The fourth-order valence-corrected chi connectivity index (χ4v) is 1.53. The normalized spacial score (nSPS) is 10.1. The molecular weight excluding hydrogens is 194 g/mol. The minimum Gasteiger partial charge on any atom is -0.337 e. The van der Waals surface area contributed by atoms with Gasteiger partial charge < -0.3 is 4.98 Å². The molecule has 0 saturated carbocycles. The first-order chi connectivity index (χ1) is 6.79. The van der Waals surface area contributed by atoms with E-state index in [2.05, 4.69) is 15.0 Å². The minimum absolute atomic E-state index is 0.703. The van der Waals surface area contributed by atoms with E-state index in [-0.39, 0.29) is 0 Å². The van der Waals surface area contributed by atoms with E-state index in [9.17, 15) is 0 Å². The maximum atomic E-state index is 5.18. The smallest absolute Gasteiger partial charge is 0.113 e. The van der Waals surface area contributed by atoms with Gasteiger partial charge in [-0.1, -0.05) is 12.2 Å². The molecule has 4 heteroatoms. The third-order valence-corrected chi connectivity index (χ3v) is 2.37. The van der Waals surface area contributed by atoms with E-state index in [1.165, 1.54) is 0 Å². The minimum atomic E-state index is 0.703. The first kappa shape index (κ1) is 9.02. The number of H-pyrrole nitrogens is 1. The molecule has 0 atom stereocenters. The Balaban J connectivity index is 2.67. The van der Waals surface area contributed by atoms with Crippen LogP contribution in [0.4, 0.5) is 0 Å². The standard InChI is InChI=1S/C10H9N3S/c1-7-4-11-3-2-8(7)9-5-12-6-13-10(9)14/h2-6H,1H3,(H,12,13,14). The molecular formula is C10H9N3S. The summed E-state index contributed by atoms with van der Waals surface area (Å²) in [6.07, 6.45) is 6.92. The largest absolute Gasteiger partial charge is 0.337 e. The summed E-state index contributed by atoms with van der Waals surface area (Å²) in [6, 6.07) is 1.94. The second kappa shape index (κ2) is 3.67. The van der Waals surface area contributed by atoms with Gasteiger partial charge in [0.15, 0.2) is 0 Å². The summed E-state index contributed by atoms with van der Waals surface area (Å²) >= 11 is 5.18. The maximum absolute atomic E-state index is 5.18. The quantitative estimate of drug-likeness (QED) is 0.724. The Bertz CT molecular complexity index is 504. The van der Waals surface area contributed by atoms with Crippen LogP contribution in [0.15, 0.2) is 31.0 Å². The average Bonchev–Trinajstić information content (AvgIpc) is 2.20. The van der Waals surface area contributed by atoms with Crippen LogP contribution >= 0.6 is 12.2 Å². The molecule has 0 aromatic carbocycles. The van der Waals surface area contributed by atoms with Gasteiger partial charge in [-0.25, -0.2) is 4.98 Å². The monoisotopic (exact) mass is 203 g/mol. The summed E-state index contributed by atoms with van der Waals surface area (Å²) in [5.41, 5.74) is 3.12. The van der Waals surface area contributed by atoms with E-state index in [1.54, 1.807) is 18.7 Å². The molecule has 2 heterocycles. The van der Waals surface area contributed by atoms with E-state index >= 15 is 0 Å².